The Morgan fingerprint density at radius 1 is 1.00 bits per heavy atom. The summed E-state index contributed by atoms with van der Waals surface area (Å²) in [5.74, 6) is 0.624. The van der Waals surface area contributed by atoms with E-state index in [1.165, 1.54) is 13.8 Å². The summed E-state index contributed by atoms with van der Waals surface area (Å²) in [4.78, 5) is 37.7. The number of carbonyl (C=O) groups excluding carboxylic acids is 3. The SMILES string of the molecule is CC(=O)O[C@H]1CC[C@@]2(C)[C@@H](CC[C@H]3[C@H]2CC[C@@]2(C)[C@@H]3C[C@@H](OC(=O)Cc3cccc(I)c3)[C@@]2(O)C(C)=O)C1. The lowest BCUT2D eigenvalue weighted by Gasteiger charge is -2.61. The van der Waals surface area contributed by atoms with Gasteiger partial charge in [0.25, 0.3) is 0 Å². The molecule has 1 aromatic rings. The van der Waals surface area contributed by atoms with Crippen LogP contribution >= 0.6 is 22.6 Å². The van der Waals surface area contributed by atoms with E-state index < -0.39 is 23.1 Å². The fourth-order valence-corrected chi connectivity index (χ4v) is 9.94. The molecule has 38 heavy (non-hydrogen) atoms. The molecule has 0 bridgehead atoms. The Hall–Kier alpha value is -1.48. The number of rotatable bonds is 5. The number of ether oxygens (including phenoxy) is 2. The number of halogens is 1. The van der Waals surface area contributed by atoms with E-state index in [-0.39, 0.29) is 35.6 Å². The summed E-state index contributed by atoms with van der Waals surface area (Å²) in [6.45, 7) is 7.43. The van der Waals surface area contributed by atoms with Crippen molar-refractivity contribution in [3.05, 3.63) is 33.4 Å². The van der Waals surface area contributed by atoms with E-state index in [9.17, 15) is 19.5 Å². The number of hydrogen-bond donors (Lipinski definition) is 1. The van der Waals surface area contributed by atoms with Crippen LogP contribution in [0, 0.1) is 38.1 Å². The lowest BCUT2D eigenvalue weighted by Crippen LogP contribution is -2.61. The molecule has 4 aliphatic rings. The number of fused-ring (bicyclic) bond motifs is 5. The minimum atomic E-state index is -1.67. The topological polar surface area (TPSA) is 89.9 Å². The van der Waals surface area contributed by atoms with Crippen molar-refractivity contribution in [2.45, 2.75) is 103 Å². The predicted molar refractivity (Wildman–Crippen MR) is 151 cm³/mol. The monoisotopic (exact) mass is 636 g/mol. The molecular formula is C31H41IO6. The first-order valence-electron chi connectivity index (χ1n) is 14.2. The number of esters is 2. The molecule has 6 nitrogen and oxygen atoms in total. The van der Waals surface area contributed by atoms with Crippen LogP contribution in [0.2, 0.25) is 0 Å². The van der Waals surface area contributed by atoms with Crippen molar-refractivity contribution in [1.82, 2.24) is 0 Å². The van der Waals surface area contributed by atoms with E-state index in [4.69, 9.17) is 9.47 Å². The van der Waals surface area contributed by atoms with E-state index in [2.05, 4.69) is 36.4 Å². The highest BCUT2D eigenvalue weighted by Gasteiger charge is 2.70. The standard InChI is InChI=1S/C31H41IO6/c1-18(33)31(36)27(38-28(35)15-20-6-5-7-22(32)14-20)17-26-24-9-8-21-16-23(37-19(2)34)10-12-29(21,3)25(24)11-13-30(26,31)4/h5-7,14,21,23-27,36H,8-13,15-17H2,1-4H3/t21-,23-,24-,25+,26+,27+,29-,30-,31-/m0/s1. The molecule has 0 unspecified atom stereocenters. The molecule has 1 aromatic carbocycles. The van der Waals surface area contributed by atoms with Gasteiger partial charge in [-0.05, 0) is 128 Å². The van der Waals surface area contributed by atoms with E-state index in [0.29, 0.717) is 24.2 Å². The highest BCUT2D eigenvalue weighted by Crippen LogP contribution is 2.68. The van der Waals surface area contributed by atoms with Crippen LogP contribution in [0.15, 0.2) is 24.3 Å². The number of hydrogen-bond acceptors (Lipinski definition) is 6. The molecule has 7 heteroatoms. The Labute approximate surface area is 239 Å². The summed E-state index contributed by atoms with van der Waals surface area (Å²) in [5.41, 5.74) is -1.26. The largest absolute Gasteiger partial charge is 0.463 e. The third kappa shape index (κ3) is 4.53. The zero-order valence-corrected chi connectivity index (χ0v) is 25.2. The normalized spacial score (nSPS) is 41.8. The number of aliphatic hydroxyl groups is 1. The van der Waals surface area contributed by atoms with Crippen molar-refractivity contribution in [1.29, 1.82) is 0 Å². The molecule has 208 valence electrons. The lowest BCUT2D eigenvalue weighted by molar-refractivity contribution is -0.191. The van der Waals surface area contributed by atoms with E-state index in [0.717, 1.165) is 54.1 Å². The van der Waals surface area contributed by atoms with Crippen LogP contribution in [0.25, 0.3) is 0 Å². The highest BCUT2D eigenvalue weighted by molar-refractivity contribution is 14.1. The van der Waals surface area contributed by atoms with E-state index in [1.54, 1.807) is 0 Å². The number of Topliss-reactive ketones (excluding diaryl/α,β-unsaturated/α-hetero) is 1. The van der Waals surface area contributed by atoms with E-state index in [1.807, 2.05) is 24.3 Å². The lowest BCUT2D eigenvalue weighted by atomic mass is 9.44. The van der Waals surface area contributed by atoms with Crippen molar-refractivity contribution < 1.29 is 29.0 Å². The maximum atomic E-state index is 13.1. The zero-order valence-electron chi connectivity index (χ0n) is 23.0. The Kier molecular flexibility index (Phi) is 7.51. The van der Waals surface area contributed by atoms with Gasteiger partial charge in [0.05, 0.1) is 6.42 Å². The summed E-state index contributed by atoms with van der Waals surface area (Å²) in [7, 11) is 0. The molecule has 0 aromatic heterocycles. The first kappa shape index (κ1) is 28.1. The van der Waals surface area contributed by atoms with Gasteiger partial charge in [0.2, 0.25) is 0 Å². The fourth-order valence-electron chi connectivity index (χ4n) is 9.33. The summed E-state index contributed by atoms with van der Waals surface area (Å²) >= 11 is 2.22. The molecule has 0 spiro atoms. The summed E-state index contributed by atoms with van der Waals surface area (Å²) < 4.78 is 12.6. The van der Waals surface area contributed by atoms with Gasteiger partial charge in [-0.3, -0.25) is 14.4 Å². The van der Waals surface area contributed by atoms with Crippen molar-refractivity contribution >= 4 is 40.3 Å². The molecule has 4 saturated carbocycles. The third-order valence-corrected chi connectivity index (χ3v) is 11.9. The van der Waals surface area contributed by atoms with Crippen LogP contribution in [0.5, 0.6) is 0 Å². The van der Waals surface area contributed by atoms with Crippen LogP contribution < -0.4 is 0 Å². The predicted octanol–water partition coefficient (Wildman–Crippen LogP) is 5.65. The molecule has 4 fully saturated rings. The smallest absolute Gasteiger partial charge is 0.310 e. The van der Waals surface area contributed by atoms with Crippen molar-refractivity contribution in [3.63, 3.8) is 0 Å². The van der Waals surface area contributed by atoms with Gasteiger partial charge >= 0.3 is 11.9 Å². The molecule has 4 aliphatic carbocycles. The van der Waals surface area contributed by atoms with Gasteiger partial charge in [-0.25, -0.2) is 0 Å². The quantitative estimate of drug-likeness (QED) is 0.332. The highest BCUT2D eigenvalue weighted by atomic mass is 127. The van der Waals surface area contributed by atoms with Gasteiger partial charge in [-0.2, -0.15) is 0 Å². The first-order chi connectivity index (χ1) is 17.9. The van der Waals surface area contributed by atoms with Crippen LogP contribution in [0.3, 0.4) is 0 Å². The third-order valence-electron chi connectivity index (χ3n) is 11.2. The molecule has 0 radical (unpaired) electrons. The van der Waals surface area contributed by atoms with Gasteiger partial charge in [0, 0.05) is 15.9 Å². The van der Waals surface area contributed by atoms with Gasteiger partial charge < -0.3 is 14.6 Å². The van der Waals surface area contributed by atoms with Gasteiger partial charge in [-0.1, -0.05) is 26.0 Å². The Balaban J connectivity index is 1.37. The molecule has 0 amide bonds. The molecular weight excluding hydrogens is 595 g/mol. The number of carbonyl (C=O) groups is 3. The van der Waals surface area contributed by atoms with Crippen LogP contribution in [-0.4, -0.2) is 40.6 Å². The van der Waals surface area contributed by atoms with Gasteiger partial charge in [-0.15, -0.1) is 0 Å². The average Bonchev–Trinajstić information content (AvgIpc) is 3.06. The van der Waals surface area contributed by atoms with Crippen LogP contribution in [0.1, 0.15) is 84.6 Å². The van der Waals surface area contributed by atoms with Crippen molar-refractivity contribution in [2.75, 3.05) is 0 Å². The first-order valence-corrected chi connectivity index (χ1v) is 15.3. The van der Waals surface area contributed by atoms with Crippen molar-refractivity contribution in [3.8, 4) is 0 Å². The summed E-state index contributed by atoms with van der Waals surface area (Å²) in [5, 5.41) is 12.1. The van der Waals surface area contributed by atoms with Crippen LogP contribution in [0.4, 0.5) is 0 Å². The fraction of sp³-hybridized carbons (Fsp3) is 0.710. The van der Waals surface area contributed by atoms with Crippen molar-refractivity contribution in [2.24, 2.45) is 34.5 Å². The second-order valence-electron chi connectivity index (χ2n) is 13.0. The Bertz CT molecular complexity index is 1120. The maximum absolute atomic E-state index is 13.1. The molecule has 0 aliphatic heterocycles. The second kappa shape index (κ2) is 10.2. The van der Waals surface area contributed by atoms with E-state index >= 15 is 0 Å². The molecule has 0 saturated heterocycles. The minimum absolute atomic E-state index is 0.0157. The summed E-state index contributed by atoms with van der Waals surface area (Å²) in [6, 6.07) is 7.74. The Morgan fingerprint density at radius 2 is 1.76 bits per heavy atom. The van der Waals surface area contributed by atoms with Gasteiger partial charge in [0.15, 0.2) is 11.4 Å². The Morgan fingerprint density at radius 3 is 2.45 bits per heavy atom. The number of ketones is 1. The minimum Gasteiger partial charge on any atom is -0.463 e. The summed E-state index contributed by atoms with van der Waals surface area (Å²) in [6.07, 6.45) is 6.51. The van der Waals surface area contributed by atoms with Crippen LogP contribution in [-0.2, 0) is 30.3 Å². The maximum Gasteiger partial charge on any atom is 0.310 e. The zero-order chi connectivity index (χ0) is 27.5. The average molecular weight is 637 g/mol. The molecule has 5 rings (SSSR count). The molecule has 9 atom stereocenters. The second-order valence-corrected chi connectivity index (χ2v) is 14.2. The van der Waals surface area contributed by atoms with Gasteiger partial charge in [0.1, 0.15) is 12.2 Å². The number of benzene rings is 1. The molecule has 0 heterocycles. The molecule has 1 N–H and O–H groups in total.